The maximum atomic E-state index is 12.7. The fourth-order valence-corrected chi connectivity index (χ4v) is 5.11. The Labute approximate surface area is 208 Å². The van der Waals surface area contributed by atoms with Crippen LogP contribution in [0.2, 0.25) is 0 Å². The highest BCUT2D eigenvalue weighted by atomic mass is 16.9. The van der Waals surface area contributed by atoms with Gasteiger partial charge >= 0.3 is 0 Å². The van der Waals surface area contributed by atoms with Gasteiger partial charge < -0.3 is 42.6 Å². The highest BCUT2D eigenvalue weighted by Crippen LogP contribution is 2.50. The van der Waals surface area contributed by atoms with Crippen molar-refractivity contribution in [3.8, 4) is 0 Å². The minimum absolute atomic E-state index is 0.166. The number of hydrogen-bond donors (Lipinski definition) is 0. The molecule has 0 aliphatic carbocycles. The van der Waals surface area contributed by atoms with Crippen LogP contribution in [-0.2, 0) is 47.4 Å². The van der Waals surface area contributed by atoms with Crippen LogP contribution in [0.25, 0.3) is 0 Å². The van der Waals surface area contributed by atoms with Crippen molar-refractivity contribution in [2.75, 3.05) is 39.6 Å². The Morgan fingerprint density at radius 1 is 0.886 bits per heavy atom. The van der Waals surface area contributed by atoms with E-state index in [0.29, 0.717) is 58.9 Å². The van der Waals surface area contributed by atoms with Gasteiger partial charge in [-0.05, 0) is 53.9 Å². The Morgan fingerprint density at radius 3 is 2.43 bits per heavy atom. The summed E-state index contributed by atoms with van der Waals surface area (Å²) in [6.07, 6.45) is 0.484. The van der Waals surface area contributed by atoms with Gasteiger partial charge in [0, 0.05) is 26.1 Å². The van der Waals surface area contributed by atoms with Gasteiger partial charge in [0.25, 0.3) is 0 Å². The van der Waals surface area contributed by atoms with Crippen LogP contribution in [-0.4, -0.2) is 93.5 Å². The fourth-order valence-electron chi connectivity index (χ4n) is 5.11. The topological polar surface area (TPSA) is 100 Å². The number of fused-ring (bicyclic) bond motifs is 2. The third-order valence-corrected chi connectivity index (χ3v) is 6.64. The molecule has 4 aliphatic heterocycles. The summed E-state index contributed by atoms with van der Waals surface area (Å²) >= 11 is 0. The first-order valence-corrected chi connectivity index (χ1v) is 13.0. The van der Waals surface area contributed by atoms with E-state index in [1.807, 2.05) is 34.6 Å². The van der Waals surface area contributed by atoms with Crippen LogP contribution in [0.1, 0.15) is 66.7 Å². The predicted octanol–water partition coefficient (Wildman–Crippen LogP) is 2.70. The summed E-state index contributed by atoms with van der Waals surface area (Å²) in [5, 5.41) is 0. The quantitative estimate of drug-likeness (QED) is 0.370. The van der Waals surface area contributed by atoms with Crippen molar-refractivity contribution in [3.05, 3.63) is 0 Å². The zero-order valence-corrected chi connectivity index (χ0v) is 21.7. The summed E-state index contributed by atoms with van der Waals surface area (Å²) in [6, 6.07) is 0. The van der Waals surface area contributed by atoms with E-state index in [4.69, 9.17) is 42.6 Å². The van der Waals surface area contributed by atoms with Crippen LogP contribution in [0.3, 0.4) is 0 Å². The number of unbranched alkanes of at least 4 members (excludes halogenated alkanes) is 1. The van der Waals surface area contributed by atoms with E-state index in [2.05, 4.69) is 0 Å². The summed E-state index contributed by atoms with van der Waals surface area (Å²) in [4.78, 5) is 12.7. The number of carbonyl (C=O) groups is 1. The summed E-state index contributed by atoms with van der Waals surface area (Å²) in [6.45, 7) is 12.6. The summed E-state index contributed by atoms with van der Waals surface area (Å²) < 4.78 is 53.9. The first-order chi connectivity index (χ1) is 16.6. The summed E-state index contributed by atoms with van der Waals surface area (Å²) in [5.74, 6) is -2.63. The lowest BCUT2D eigenvalue weighted by molar-refractivity contribution is -0.360. The van der Waals surface area contributed by atoms with Crippen LogP contribution >= 0.6 is 0 Å². The van der Waals surface area contributed by atoms with Crippen LogP contribution in [0.15, 0.2) is 0 Å². The average molecular weight is 503 g/mol. The molecule has 1 spiro atoms. The van der Waals surface area contributed by atoms with Crippen molar-refractivity contribution in [2.24, 2.45) is 0 Å². The number of ether oxygens (including phenoxy) is 9. The highest BCUT2D eigenvalue weighted by Gasteiger charge is 2.70. The van der Waals surface area contributed by atoms with E-state index in [1.54, 1.807) is 0 Å². The number of carbonyl (C=O) groups excluding carboxylic acids is 1. The van der Waals surface area contributed by atoms with Crippen LogP contribution in [0.5, 0.6) is 0 Å². The van der Waals surface area contributed by atoms with Gasteiger partial charge in [0.15, 0.2) is 24.0 Å². The van der Waals surface area contributed by atoms with Crippen LogP contribution in [0, 0.1) is 0 Å². The van der Waals surface area contributed by atoms with Gasteiger partial charge in [-0.1, -0.05) is 0 Å². The largest absolute Gasteiger partial charge is 0.379 e. The van der Waals surface area contributed by atoms with Crippen molar-refractivity contribution in [1.82, 2.24) is 0 Å². The molecule has 0 aromatic rings. The van der Waals surface area contributed by atoms with E-state index >= 15 is 0 Å². The molecule has 0 aromatic heterocycles. The molecule has 4 fully saturated rings. The standard InChI is InChI=1S/C25H42O10/c1-6-27-13-14-28-11-8-7-9-17(26)15-18-10-12-29-25(32-18)20(19-16-30-23(2,3)33-19)31-22-21(25)34-24(4,5)35-22/h18-22H,6-16H2,1-5H3/t18-,19-,20-,21+,22-,25-/m1/s1. The molecule has 6 atom stereocenters. The molecule has 4 heterocycles. The first-order valence-electron chi connectivity index (χ1n) is 13.0. The van der Waals surface area contributed by atoms with E-state index < -0.39 is 42.0 Å². The van der Waals surface area contributed by atoms with Gasteiger partial charge in [-0.25, -0.2) is 0 Å². The van der Waals surface area contributed by atoms with Gasteiger partial charge in [-0.2, -0.15) is 0 Å². The molecule has 10 heteroatoms. The predicted molar refractivity (Wildman–Crippen MR) is 123 cm³/mol. The molecule has 35 heavy (non-hydrogen) atoms. The summed E-state index contributed by atoms with van der Waals surface area (Å²) in [7, 11) is 0. The van der Waals surface area contributed by atoms with Crippen molar-refractivity contribution in [3.63, 3.8) is 0 Å². The van der Waals surface area contributed by atoms with Crippen molar-refractivity contribution < 1.29 is 47.4 Å². The maximum absolute atomic E-state index is 12.7. The molecular formula is C25H42O10. The van der Waals surface area contributed by atoms with Gasteiger partial charge in [0.05, 0.1) is 32.5 Å². The zero-order valence-electron chi connectivity index (χ0n) is 21.7. The zero-order chi connectivity index (χ0) is 25.1. The molecule has 4 aliphatic rings. The second kappa shape index (κ2) is 11.4. The normalized spacial score (nSPS) is 37.7. The van der Waals surface area contributed by atoms with E-state index in [9.17, 15) is 4.79 Å². The van der Waals surface area contributed by atoms with Gasteiger partial charge in [-0.15, -0.1) is 0 Å². The molecule has 0 aromatic carbocycles. The lowest BCUT2D eigenvalue weighted by Gasteiger charge is -2.44. The lowest BCUT2D eigenvalue weighted by atomic mass is 9.97. The molecule has 10 nitrogen and oxygen atoms in total. The third kappa shape index (κ3) is 6.61. The Balaban J connectivity index is 1.32. The lowest BCUT2D eigenvalue weighted by Crippen LogP contribution is -2.61. The Bertz CT molecular complexity index is 712. The maximum Gasteiger partial charge on any atom is 0.230 e. The Morgan fingerprint density at radius 2 is 1.69 bits per heavy atom. The number of ketones is 1. The Hall–Kier alpha value is -0.690. The molecule has 4 saturated heterocycles. The third-order valence-electron chi connectivity index (χ3n) is 6.64. The molecule has 202 valence electrons. The molecule has 0 N–H and O–H groups in total. The monoisotopic (exact) mass is 502 g/mol. The minimum Gasteiger partial charge on any atom is -0.379 e. The number of rotatable bonds is 12. The second-order valence-corrected chi connectivity index (χ2v) is 10.5. The minimum atomic E-state index is -1.23. The SMILES string of the molecule is CCOCCOCCCCC(=O)C[C@H]1CCO[C@@]2(O1)[C@@H]([C@H]1COC(C)(C)O1)O[C@@H]1OC(C)(C)O[C@@H]12. The smallest absolute Gasteiger partial charge is 0.230 e. The summed E-state index contributed by atoms with van der Waals surface area (Å²) in [5.41, 5.74) is 0. The van der Waals surface area contributed by atoms with Gasteiger partial charge in [0.1, 0.15) is 18.0 Å². The second-order valence-electron chi connectivity index (χ2n) is 10.5. The highest BCUT2D eigenvalue weighted by molar-refractivity contribution is 5.78. The van der Waals surface area contributed by atoms with Crippen LogP contribution < -0.4 is 0 Å². The van der Waals surface area contributed by atoms with Crippen molar-refractivity contribution >= 4 is 5.78 Å². The average Bonchev–Trinajstić information content (AvgIpc) is 3.39. The molecule has 0 amide bonds. The van der Waals surface area contributed by atoms with Gasteiger partial charge in [-0.3, -0.25) is 4.79 Å². The van der Waals surface area contributed by atoms with Crippen molar-refractivity contribution in [1.29, 1.82) is 0 Å². The van der Waals surface area contributed by atoms with Gasteiger partial charge in [0.2, 0.25) is 5.79 Å². The molecule has 0 radical (unpaired) electrons. The molecular weight excluding hydrogens is 460 g/mol. The number of hydrogen-bond acceptors (Lipinski definition) is 10. The van der Waals surface area contributed by atoms with E-state index in [0.717, 1.165) is 12.8 Å². The molecule has 0 bridgehead atoms. The Kier molecular flexibility index (Phi) is 8.88. The fraction of sp³-hybridized carbons (Fsp3) is 0.960. The van der Waals surface area contributed by atoms with E-state index in [1.165, 1.54) is 0 Å². The van der Waals surface area contributed by atoms with E-state index in [-0.39, 0.29) is 11.9 Å². The first kappa shape index (κ1) is 27.3. The molecule has 4 rings (SSSR count). The molecule has 0 unspecified atom stereocenters. The molecule has 0 saturated carbocycles. The number of Topliss-reactive ketones (excluding diaryl/α,β-unsaturated/α-hetero) is 1. The van der Waals surface area contributed by atoms with Crippen LogP contribution in [0.4, 0.5) is 0 Å². The van der Waals surface area contributed by atoms with Crippen molar-refractivity contribution in [2.45, 2.75) is 115 Å².